The molecule has 3 atom stereocenters. The first kappa shape index (κ1) is 31.3. The quantitative estimate of drug-likeness (QED) is 0.240. The van der Waals surface area contributed by atoms with E-state index in [-0.39, 0.29) is 41.1 Å². The third-order valence-corrected chi connectivity index (χ3v) is 13.1. The zero-order valence-electron chi connectivity index (χ0n) is 23.3. The van der Waals surface area contributed by atoms with Crippen LogP contribution in [0.5, 0.6) is 0 Å². The van der Waals surface area contributed by atoms with Gasteiger partial charge in [-0.15, -0.1) is 0 Å². The van der Waals surface area contributed by atoms with Gasteiger partial charge in [0.2, 0.25) is 0 Å². The summed E-state index contributed by atoms with van der Waals surface area (Å²) in [6.07, 6.45) is 23.2. The summed E-state index contributed by atoms with van der Waals surface area (Å²) >= 11 is 0. The molecule has 0 aliphatic heterocycles. The van der Waals surface area contributed by atoms with Gasteiger partial charge < -0.3 is 14.9 Å². The van der Waals surface area contributed by atoms with E-state index in [9.17, 15) is 0 Å². The summed E-state index contributed by atoms with van der Waals surface area (Å²) in [5.74, 6) is 12.3. The first-order valence-electron chi connectivity index (χ1n) is 13.5. The van der Waals surface area contributed by atoms with Crippen molar-refractivity contribution in [3.05, 3.63) is 74.8 Å². The number of hydrogen-bond acceptors (Lipinski definition) is 0. The van der Waals surface area contributed by atoms with Crippen LogP contribution in [0.25, 0.3) is 0 Å². The van der Waals surface area contributed by atoms with E-state index in [1.807, 2.05) is 29.2 Å². The molecule has 0 heterocycles. The van der Waals surface area contributed by atoms with Gasteiger partial charge in [-0.1, -0.05) is 66.0 Å². The molecular formula is C32H50SiZr+2. The van der Waals surface area contributed by atoms with Gasteiger partial charge in [-0.05, 0) is 122 Å². The van der Waals surface area contributed by atoms with Crippen LogP contribution in [-0.2, 0) is 26.2 Å². The molecule has 34 heavy (non-hydrogen) atoms. The van der Waals surface area contributed by atoms with Crippen LogP contribution in [0.1, 0.15) is 91.4 Å². The Morgan fingerprint density at radius 1 is 0.794 bits per heavy atom. The van der Waals surface area contributed by atoms with Gasteiger partial charge in [0, 0.05) is 0 Å². The van der Waals surface area contributed by atoms with E-state index >= 15 is 0 Å². The van der Waals surface area contributed by atoms with Crippen LogP contribution in [-0.4, -0.2) is 8.07 Å². The predicted molar refractivity (Wildman–Crippen MR) is 148 cm³/mol. The van der Waals surface area contributed by atoms with Crippen molar-refractivity contribution in [2.75, 3.05) is 0 Å². The minimum absolute atomic E-state index is 0. The molecule has 0 aromatic heterocycles. The van der Waals surface area contributed by atoms with Gasteiger partial charge in [-0.25, -0.2) is 0 Å². The van der Waals surface area contributed by atoms with Crippen molar-refractivity contribution in [1.29, 1.82) is 0 Å². The Hall–Kier alpha value is 1.10. The van der Waals surface area contributed by atoms with Crippen molar-refractivity contribution < 1.29 is 26.2 Å². The number of hydrogen-bond donors (Lipinski definition) is 0. The summed E-state index contributed by atoms with van der Waals surface area (Å²) in [4.78, 5) is 0. The molecule has 5 aliphatic carbocycles. The first-order chi connectivity index (χ1) is 14.9. The molecule has 10 radical (unpaired) electrons. The molecule has 5 rings (SSSR count). The summed E-state index contributed by atoms with van der Waals surface area (Å²) < 4.78 is 0. The summed E-state index contributed by atoms with van der Waals surface area (Å²) in [7, 11) is -1.67. The summed E-state index contributed by atoms with van der Waals surface area (Å²) in [5, 5.41) is 0. The Morgan fingerprint density at radius 2 is 1.32 bits per heavy atom. The van der Waals surface area contributed by atoms with E-state index in [0.29, 0.717) is 0 Å². The summed E-state index contributed by atoms with van der Waals surface area (Å²) in [6, 6.07) is 0. The second-order valence-electron chi connectivity index (χ2n) is 12.2. The molecule has 0 aromatic carbocycles. The minimum atomic E-state index is -1.67. The second kappa shape index (κ2) is 12.8. The van der Waals surface area contributed by atoms with Gasteiger partial charge in [-0.2, -0.15) is 0 Å². The minimum Gasteiger partial charge on any atom is -0.358 e. The normalized spacial score (nSPS) is 33.2. The molecule has 0 unspecified atom stereocenters. The van der Waals surface area contributed by atoms with E-state index in [4.69, 9.17) is 0 Å². The Balaban J connectivity index is 0.00000136. The Morgan fingerprint density at radius 3 is 1.85 bits per heavy atom. The Bertz CT molecular complexity index is 592. The van der Waals surface area contributed by atoms with Crippen LogP contribution in [0, 0.1) is 98.5 Å². The maximum absolute atomic E-state index is 2.70. The van der Waals surface area contributed by atoms with Gasteiger partial charge in [0.05, 0.1) is 8.07 Å². The van der Waals surface area contributed by atoms with E-state index < -0.39 is 8.07 Å². The molecule has 5 saturated carbocycles. The topological polar surface area (TPSA) is 0 Å². The zero-order valence-corrected chi connectivity index (χ0v) is 26.8. The van der Waals surface area contributed by atoms with Crippen molar-refractivity contribution in [2.24, 2.45) is 23.7 Å². The maximum atomic E-state index is 2.70. The third kappa shape index (κ3) is 5.74. The van der Waals surface area contributed by atoms with Crippen molar-refractivity contribution in [3.63, 3.8) is 0 Å². The summed E-state index contributed by atoms with van der Waals surface area (Å²) in [5.41, 5.74) is 3.61. The smallest absolute Gasteiger partial charge is 0.358 e. The molecule has 0 amide bonds. The van der Waals surface area contributed by atoms with E-state index in [0.717, 1.165) is 23.7 Å². The Labute approximate surface area is 236 Å². The van der Waals surface area contributed by atoms with Crippen LogP contribution >= 0.6 is 0 Å². The Kier molecular flexibility index (Phi) is 11.8. The van der Waals surface area contributed by atoms with Gasteiger partial charge in [0.1, 0.15) is 0 Å². The van der Waals surface area contributed by atoms with Crippen LogP contribution in [0.15, 0.2) is 0 Å². The molecule has 2 heteroatoms. The fraction of sp³-hybridized carbons (Fsp3) is 0.625. The zero-order chi connectivity index (χ0) is 21.8. The SMILES string of the molecule is CC(C)[C@@H]1CC[C@@H](C)C[C@H]1[C]1[CH][CH][C]([Si](C)(C)[C]2[C]3CCCC[C]3[C]3CCCC[C]32)[CH]1.[CH3-].[CH3-].[Zr+4]. The van der Waals surface area contributed by atoms with Crippen molar-refractivity contribution in [3.8, 4) is 0 Å². The monoisotopic (exact) mass is 552 g/mol. The third-order valence-electron chi connectivity index (χ3n) is 9.48. The molecule has 5 aliphatic rings. The first-order valence-corrected chi connectivity index (χ1v) is 16.5. The van der Waals surface area contributed by atoms with E-state index in [2.05, 4.69) is 53.1 Å². The maximum Gasteiger partial charge on any atom is 4.00 e. The molecule has 184 valence electrons. The summed E-state index contributed by atoms with van der Waals surface area (Å²) in [6.45, 7) is 12.7. The van der Waals surface area contributed by atoms with Crippen molar-refractivity contribution >= 4 is 8.07 Å². The van der Waals surface area contributed by atoms with Crippen molar-refractivity contribution in [1.82, 2.24) is 0 Å². The standard InChI is InChI=1S/C30H44Si.2CH3.Zr/c1-20(2)24-17-14-21(3)18-29(24)22-15-16-23(19-22)31(4,5)30-27-12-8-6-10-25(27)26-11-7-9-13-28(26)30;;;/h15-16,19-21,24,29H,6-14,17-18H2,1-5H3;2*1H3;/q;2*-1;+4/t21-,24+,29+;;;/m1.../s1. The average Bonchev–Trinajstić information content (AvgIpc) is 3.37. The molecule has 5 fully saturated rings. The van der Waals surface area contributed by atoms with Gasteiger partial charge >= 0.3 is 26.2 Å². The number of fused-ring (bicyclic) bond motifs is 3. The molecule has 0 bridgehead atoms. The molecule has 0 N–H and O–H groups in total. The fourth-order valence-electron chi connectivity index (χ4n) is 7.78. The number of rotatable bonds is 4. The molecule has 0 saturated heterocycles. The fourth-order valence-corrected chi connectivity index (χ4v) is 11.2. The van der Waals surface area contributed by atoms with E-state index in [1.54, 1.807) is 11.5 Å². The predicted octanol–water partition coefficient (Wildman–Crippen LogP) is 9.19. The molecule has 0 aromatic rings. The van der Waals surface area contributed by atoms with E-state index in [1.165, 1.54) is 70.6 Å². The molecule has 0 nitrogen and oxygen atoms in total. The average molecular weight is 554 g/mol. The van der Waals surface area contributed by atoms with Crippen LogP contribution in [0.2, 0.25) is 13.1 Å². The van der Waals surface area contributed by atoms with Gasteiger partial charge in [0.15, 0.2) is 0 Å². The van der Waals surface area contributed by atoms with Gasteiger partial charge in [0.25, 0.3) is 0 Å². The van der Waals surface area contributed by atoms with Crippen molar-refractivity contribution in [2.45, 2.75) is 104 Å². The van der Waals surface area contributed by atoms with Crippen LogP contribution < -0.4 is 0 Å². The molecular weight excluding hydrogens is 504 g/mol. The molecule has 0 spiro atoms. The van der Waals surface area contributed by atoms with Crippen LogP contribution in [0.4, 0.5) is 0 Å². The van der Waals surface area contributed by atoms with Crippen LogP contribution in [0.3, 0.4) is 0 Å². The largest absolute Gasteiger partial charge is 4.00 e. The second-order valence-corrected chi connectivity index (χ2v) is 16.5. The van der Waals surface area contributed by atoms with Gasteiger partial charge in [-0.3, -0.25) is 0 Å².